The Bertz CT molecular complexity index is 396. The van der Waals surface area contributed by atoms with Crippen molar-refractivity contribution in [2.24, 2.45) is 0 Å². The Morgan fingerprint density at radius 3 is 3.06 bits per heavy atom. The molecular formula is C11H15NO4. The lowest BCUT2D eigenvalue weighted by molar-refractivity contribution is -0.236. The van der Waals surface area contributed by atoms with Crippen molar-refractivity contribution in [3.63, 3.8) is 0 Å². The quantitative estimate of drug-likeness (QED) is 0.768. The predicted molar refractivity (Wildman–Crippen MR) is 55.8 cm³/mol. The van der Waals surface area contributed by atoms with Gasteiger partial charge < -0.3 is 19.7 Å². The number of methoxy groups -OCH3 is 1. The molecule has 0 amide bonds. The van der Waals surface area contributed by atoms with Crippen LogP contribution in [0.3, 0.4) is 0 Å². The van der Waals surface area contributed by atoms with Crippen molar-refractivity contribution in [3.8, 4) is 5.88 Å². The lowest BCUT2D eigenvalue weighted by atomic mass is 9.86. The van der Waals surface area contributed by atoms with Gasteiger partial charge in [-0.1, -0.05) is 6.92 Å². The Morgan fingerprint density at radius 2 is 2.44 bits per heavy atom. The second-order valence-corrected chi connectivity index (χ2v) is 3.79. The maximum absolute atomic E-state index is 10.4. The number of aromatic nitrogens is 1. The Kier molecular flexibility index (Phi) is 2.84. The van der Waals surface area contributed by atoms with E-state index in [9.17, 15) is 10.2 Å². The highest BCUT2D eigenvalue weighted by Crippen LogP contribution is 2.39. The number of hydrogen-bond acceptors (Lipinski definition) is 5. The van der Waals surface area contributed by atoms with Gasteiger partial charge in [-0.3, -0.25) is 0 Å². The summed E-state index contributed by atoms with van der Waals surface area (Å²) in [7, 11) is 1.51. The lowest BCUT2D eigenvalue weighted by Gasteiger charge is -2.37. The van der Waals surface area contributed by atoms with Crippen molar-refractivity contribution in [1.82, 2.24) is 4.98 Å². The summed E-state index contributed by atoms with van der Waals surface area (Å²) in [5.41, 5.74) is -0.0654. The topological polar surface area (TPSA) is 71.8 Å². The van der Waals surface area contributed by atoms with Gasteiger partial charge in [0.1, 0.15) is 5.60 Å². The number of aliphatic hydroxyl groups excluding tert-OH is 1. The third-order valence-electron chi connectivity index (χ3n) is 3.01. The molecule has 0 aromatic carbocycles. The van der Waals surface area contributed by atoms with Crippen molar-refractivity contribution < 1.29 is 19.7 Å². The molecule has 5 nitrogen and oxygen atoms in total. The summed E-state index contributed by atoms with van der Waals surface area (Å²) in [4.78, 5) is 4.04. The fourth-order valence-corrected chi connectivity index (χ4v) is 1.99. The van der Waals surface area contributed by atoms with Gasteiger partial charge >= 0.3 is 0 Å². The highest BCUT2D eigenvalue weighted by Gasteiger charge is 2.42. The number of aliphatic hydroxyl groups is 2. The summed E-state index contributed by atoms with van der Waals surface area (Å²) in [6.07, 6.45) is 0.696. The van der Waals surface area contributed by atoms with Crippen molar-refractivity contribution in [1.29, 1.82) is 0 Å². The Morgan fingerprint density at radius 1 is 1.69 bits per heavy atom. The number of nitrogens with zero attached hydrogens (tertiary/aromatic N) is 1. The van der Waals surface area contributed by atoms with Gasteiger partial charge in [0.15, 0.2) is 6.29 Å². The highest BCUT2D eigenvalue weighted by atomic mass is 16.6. The summed E-state index contributed by atoms with van der Waals surface area (Å²) in [5, 5.41) is 20.1. The van der Waals surface area contributed by atoms with Gasteiger partial charge in [0.05, 0.1) is 13.7 Å². The SMILES string of the molecule is CC[C@]1(O)c2ccnc(OC)c2CO[C@@H]1O. The van der Waals surface area contributed by atoms with Gasteiger partial charge in [0.2, 0.25) is 5.88 Å². The minimum atomic E-state index is -1.39. The largest absolute Gasteiger partial charge is 0.481 e. The number of hydrogen-bond donors (Lipinski definition) is 2. The van der Waals surface area contributed by atoms with Gasteiger partial charge in [0, 0.05) is 17.3 Å². The molecule has 0 aliphatic carbocycles. The average molecular weight is 225 g/mol. The van der Waals surface area contributed by atoms with Crippen LogP contribution in [0.1, 0.15) is 24.5 Å². The van der Waals surface area contributed by atoms with Gasteiger partial charge in [-0.15, -0.1) is 0 Å². The van der Waals surface area contributed by atoms with E-state index in [0.29, 0.717) is 23.4 Å². The van der Waals surface area contributed by atoms with E-state index >= 15 is 0 Å². The molecule has 2 rings (SSSR count). The number of ether oxygens (including phenoxy) is 2. The molecule has 0 fully saturated rings. The first-order valence-electron chi connectivity index (χ1n) is 5.18. The third kappa shape index (κ3) is 1.48. The van der Waals surface area contributed by atoms with E-state index in [1.54, 1.807) is 19.2 Å². The molecule has 0 spiro atoms. The Hall–Kier alpha value is -1.17. The zero-order valence-corrected chi connectivity index (χ0v) is 9.30. The lowest BCUT2D eigenvalue weighted by Crippen LogP contribution is -2.44. The van der Waals surface area contributed by atoms with Crippen LogP contribution in [0, 0.1) is 0 Å². The van der Waals surface area contributed by atoms with Crippen molar-refractivity contribution in [2.75, 3.05) is 7.11 Å². The van der Waals surface area contributed by atoms with Crippen LogP contribution in [0.2, 0.25) is 0 Å². The zero-order chi connectivity index (χ0) is 11.8. The normalized spacial score (nSPS) is 28.6. The summed E-state index contributed by atoms with van der Waals surface area (Å²) in [5.74, 6) is 0.427. The van der Waals surface area contributed by atoms with E-state index in [4.69, 9.17) is 9.47 Å². The molecule has 88 valence electrons. The van der Waals surface area contributed by atoms with E-state index < -0.39 is 11.9 Å². The molecule has 1 aromatic rings. The fourth-order valence-electron chi connectivity index (χ4n) is 1.99. The van der Waals surface area contributed by atoms with Gasteiger partial charge in [-0.05, 0) is 12.5 Å². The molecule has 0 saturated heterocycles. The predicted octanol–water partition coefficient (Wildman–Crippen LogP) is 0.536. The van der Waals surface area contributed by atoms with Crippen LogP contribution in [-0.2, 0) is 16.9 Å². The second-order valence-electron chi connectivity index (χ2n) is 3.79. The molecule has 5 heteroatoms. The molecular weight excluding hydrogens is 210 g/mol. The standard InChI is InChI=1S/C11H15NO4/c1-3-11(14)8-4-5-12-9(15-2)7(8)6-16-10(11)13/h4-5,10,13-14H,3,6H2,1-2H3/t10-,11-/m0/s1. The summed E-state index contributed by atoms with van der Waals surface area (Å²) >= 11 is 0. The first-order chi connectivity index (χ1) is 7.63. The average Bonchev–Trinajstić information content (AvgIpc) is 2.33. The molecule has 2 N–H and O–H groups in total. The molecule has 1 aromatic heterocycles. The highest BCUT2D eigenvalue weighted by molar-refractivity contribution is 5.39. The molecule has 2 heterocycles. The van der Waals surface area contributed by atoms with Gasteiger partial charge in [0.25, 0.3) is 0 Å². The Labute approximate surface area is 93.7 Å². The van der Waals surface area contributed by atoms with E-state index in [0.717, 1.165) is 0 Å². The molecule has 1 aliphatic heterocycles. The second kappa shape index (κ2) is 4.01. The van der Waals surface area contributed by atoms with Crippen LogP contribution >= 0.6 is 0 Å². The molecule has 0 saturated carbocycles. The zero-order valence-electron chi connectivity index (χ0n) is 9.30. The van der Waals surface area contributed by atoms with Crippen LogP contribution in [0.5, 0.6) is 5.88 Å². The molecule has 0 bridgehead atoms. The molecule has 1 aliphatic rings. The molecule has 16 heavy (non-hydrogen) atoms. The molecule has 0 radical (unpaired) electrons. The third-order valence-corrected chi connectivity index (χ3v) is 3.01. The number of pyridine rings is 1. The number of fused-ring (bicyclic) bond motifs is 1. The Balaban J connectivity index is 2.57. The van der Waals surface area contributed by atoms with Crippen molar-refractivity contribution >= 4 is 0 Å². The van der Waals surface area contributed by atoms with E-state index in [-0.39, 0.29) is 6.61 Å². The van der Waals surface area contributed by atoms with Gasteiger partial charge in [-0.25, -0.2) is 4.98 Å². The summed E-state index contributed by atoms with van der Waals surface area (Å²) in [6.45, 7) is 1.98. The van der Waals surface area contributed by atoms with Crippen LogP contribution in [0.15, 0.2) is 12.3 Å². The van der Waals surface area contributed by atoms with E-state index in [1.807, 2.05) is 0 Å². The van der Waals surface area contributed by atoms with Crippen molar-refractivity contribution in [2.45, 2.75) is 31.8 Å². The smallest absolute Gasteiger partial charge is 0.218 e. The molecule has 2 atom stereocenters. The minimum Gasteiger partial charge on any atom is -0.481 e. The van der Waals surface area contributed by atoms with Crippen molar-refractivity contribution in [3.05, 3.63) is 23.4 Å². The van der Waals surface area contributed by atoms with E-state index in [2.05, 4.69) is 4.98 Å². The van der Waals surface area contributed by atoms with Crippen LogP contribution in [0.4, 0.5) is 0 Å². The maximum Gasteiger partial charge on any atom is 0.218 e. The number of rotatable bonds is 2. The molecule has 0 unspecified atom stereocenters. The summed E-state index contributed by atoms with van der Waals surface area (Å²) in [6, 6.07) is 1.69. The maximum atomic E-state index is 10.4. The monoisotopic (exact) mass is 225 g/mol. The van der Waals surface area contributed by atoms with E-state index in [1.165, 1.54) is 7.11 Å². The van der Waals surface area contributed by atoms with Crippen LogP contribution < -0.4 is 4.74 Å². The summed E-state index contributed by atoms with van der Waals surface area (Å²) < 4.78 is 10.2. The first-order valence-corrected chi connectivity index (χ1v) is 5.18. The minimum absolute atomic E-state index is 0.190. The van der Waals surface area contributed by atoms with Crippen LogP contribution in [0.25, 0.3) is 0 Å². The van der Waals surface area contributed by atoms with Crippen LogP contribution in [-0.4, -0.2) is 28.6 Å². The first kappa shape index (κ1) is 11.3. The fraction of sp³-hybridized carbons (Fsp3) is 0.545. The van der Waals surface area contributed by atoms with Gasteiger partial charge in [-0.2, -0.15) is 0 Å².